The summed E-state index contributed by atoms with van der Waals surface area (Å²) in [4.78, 5) is 0. The predicted molar refractivity (Wildman–Crippen MR) is 68.1 cm³/mol. The molecule has 0 aromatic rings. The van der Waals surface area contributed by atoms with Gasteiger partial charge in [0.25, 0.3) is 0 Å². The molecule has 1 heteroatoms. The van der Waals surface area contributed by atoms with Gasteiger partial charge >= 0.3 is 0 Å². The summed E-state index contributed by atoms with van der Waals surface area (Å²) in [5.74, 6) is 2.46. The Labute approximate surface area is 99.9 Å². The molecule has 3 aliphatic carbocycles. The summed E-state index contributed by atoms with van der Waals surface area (Å²) in [5, 5.41) is 9.73. The second kappa shape index (κ2) is 3.87. The van der Waals surface area contributed by atoms with Crippen LogP contribution in [0.1, 0.15) is 46.5 Å². The molecular formula is C15H26O. The SMILES string of the molecule is C=CCC(C)(CO)C1CCC2CC1C2(C)C. The van der Waals surface area contributed by atoms with Gasteiger partial charge in [0.15, 0.2) is 0 Å². The highest BCUT2D eigenvalue weighted by Gasteiger charge is 2.57. The Hall–Kier alpha value is -0.300. The highest BCUT2D eigenvalue weighted by Crippen LogP contribution is 2.65. The van der Waals surface area contributed by atoms with E-state index < -0.39 is 0 Å². The van der Waals surface area contributed by atoms with E-state index in [1.54, 1.807) is 0 Å². The van der Waals surface area contributed by atoms with Crippen LogP contribution in [-0.2, 0) is 0 Å². The largest absolute Gasteiger partial charge is 0.396 e. The second-order valence-corrected chi connectivity index (χ2v) is 6.85. The van der Waals surface area contributed by atoms with Crippen LogP contribution in [0.15, 0.2) is 12.7 Å². The zero-order chi connectivity index (χ0) is 12.0. The van der Waals surface area contributed by atoms with Crippen LogP contribution in [0.4, 0.5) is 0 Å². The van der Waals surface area contributed by atoms with Crippen molar-refractivity contribution in [3.8, 4) is 0 Å². The molecule has 0 amide bonds. The Morgan fingerprint density at radius 2 is 2.12 bits per heavy atom. The van der Waals surface area contributed by atoms with Crippen LogP contribution in [0.2, 0.25) is 0 Å². The van der Waals surface area contributed by atoms with Crippen molar-refractivity contribution < 1.29 is 5.11 Å². The van der Waals surface area contributed by atoms with E-state index in [1.165, 1.54) is 19.3 Å². The first-order valence-electron chi connectivity index (χ1n) is 6.67. The molecule has 0 heterocycles. The summed E-state index contributed by atoms with van der Waals surface area (Å²) in [6.07, 6.45) is 6.99. The van der Waals surface area contributed by atoms with Gasteiger partial charge in [0.1, 0.15) is 0 Å². The van der Waals surface area contributed by atoms with Crippen molar-refractivity contribution in [1.82, 2.24) is 0 Å². The van der Waals surface area contributed by atoms with Crippen molar-refractivity contribution in [3.63, 3.8) is 0 Å². The highest BCUT2D eigenvalue weighted by atomic mass is 16.3. The molecule has 4 unspecified atom stereocenters. The Bertz CT molecular complexity index is 279. The minimum absolute atomic E-state index is 0.0646. The topological polar surface area (TPSA) is 20.2 Å². The predicted octanol–water partition coefficient (Wildman–Crippen LogP) is 3.63. The van der Waals surface area contributed by atoms with E-state index in [9.17, 15) is 5.11 Å². The van der Waals surface area contributed by atoms with Gasteiger partial charge in [0.05, 0.1) is 0 Å². The van der Waals surface area contributed by atoms with E-state index in [4.69, 9.17) is 0 Å². The van der Waals surface area contributed by atoms with E-state index in [1.807, 2.05) is 6.08 Å². The molecule has 0 saturated heterocycles. The van der Waals surface area contributed by atoms with Crippen molar-refractivity contribution >= 4 is 0 Å². The van der Waals surface area contributed by atoms with Gasteiger partial charge in [-0.2, -0.15) is 0 Å². The van der Waals surface area contributed by atoms with Crippen LogP contribution in [0.3, 0.4) is 0 Å². The molecule has 2 bridgehead atoms. The van der Waals surface area contributed by atoms with Crippen molar-refractivity contribution in [2.45, 2.75) is 46.5 Å². The zero-order valence-electron chi connectivity index (χ0n) is 11.0. The van der Waals surface area contributed by atoms with E-state index in [0.717, 1.165) is 18.3 Å². The van der Waals surface area contributed by atoms with Crippen molar-refractivity contribution in [3.05, 3.63) is 12.7 Å². The minimum atomic E-state index is 0.0646. The molecule has 16 heavy (non-hydrogen) atoms. The van der Waals surface area contributed by atoms with Gasteiger partial charge < -0.3 is 5.11 Å². The fourth-order valence-corrected chi connectivity index (χ4v) is 4.31. The molecule has 92 valence electrons. The first-order chi connectivity index (χ1) is 7.45. The first kappa shape index (κ1) is 12.2. The molecule has 3 aliphatic rings. The molecule has 0 aromatic heterocycles. The van der Waals surface area contributed by atoms with Gasteiger partial charge in [-0.25, -0.2) is 0 Å². The first-order valence-corrected chi connectivity index (χ1v) is 6.67. The standard InChI is InChI=1S/C15H26O/c1-5-8-15(4,10-16)12-7-6-11-9-13(12)14(11,2)3/h5,11-13,16H,1,6-10H2,2-4H3. The highest BCUT2D eigenvalue weighted by molar-refractivity contribution is 5.07. The van der Waals surface area contributed by atoms with Gasteiger partial charge in [0.2, 0.25) is 0 Å². The Balaban J connectivity index is 2.17. The summed E-state index contributed by atoms with van der Waals surface area (Å²) in [6, 6.07) is 0. The number of aliphatic hydroxyl groups excluding tert-OH is 1. The molecular weight excluding hydrogens is 196 g/mol. The molecule has 0 spiro atoms. The number of rotatable bonds is 4. The van der Waals surface area contributed by atoms with Crippen LogP contribution in [0, 0.1) is 28.6 Å². The lowest BCUT2D eigenvalue weighted by Crippen LogP contribution is -2.56. The Morgan fingerprint density at radius 3 is 2.56 bits per heavy atom. The smallest absolute Gasteiger partial charge is 0.0490 e. The lowest BCUT2D eigenvalue weighted by Gasteiger charge is -2.63. The Morgan fingerprint density at radius 1 is 1.44 bits per heavy atom. The zero-order valence-corrected chi connectivity index (χ0v) is 11.0. The molecule has 0 aromatic carbocycles. The molecule has 4 atom stereocenters. The third-order valence-corrected chi connectivity index (χ3v) is 5.73. The third kappa shape index (κ3) is 1.55. The van der Waals surface area contributed by atoms with Crippen LogP contribution in [-0.4, -0.2) is 11.7 Å². The third-order valence-electron chi connectivity index (χ3n) is 5.73. The lowest BCUT2D eigenvalue weighted by molar-refractivity contribution is -0.148. The van der Waals surface area contributed by atoms with Crippen molar-refractivity contribution in [1.29, 1.82) is 0 Å². The maximum Gasteiger partial charge on any atom is 0.0490 e. The van der Waals surface area contributed by atoms with Gasteiger partial charge in [-0.05, 0) is 54.3 Å². The van der Waals surface area contributed by atoms with Gasteiger partial charge in [0, 0.05) is 6.61 Å². The molecule has 3 rings (SSSR count). The number of allylic oxidation sites excluding steroid dienone is 1. The maximum atomic E-state index is 9.73. The average Bonchev–Trinajstić information content (AvgIpc) is 2.29. The Kier molecular flexibility index (Phi) is 2.94. The van der Waals surface area contributed by atoms with Crippen molar-refractivity contribution in [2.24, 2.45) is 28.6 Å². The molecule has 0 radical (unpaired) electrons. The minimum Gasteiger partial charge on any atom is -0.396 e. The maximum absolute atomic E-state index is 9.73. The van der Waals surface area contributed by atoms with Crippen molar-refractivity contribution in [2.75, 3.05) is 6.61 Å². The van der Waals surface area contributed by atoms with Crippen LogP contribution in [0.5, 0.6) is 0 Å². The molecule has 3 saturated carbocycles. The lowest BCUT2D eigenvalue weighted by atomic mass is 9.42. The fourth-order valence-electron chi connectivity index (χ4n) is 4.31. The number of fused-ring (bicyclic) bond motifs is 2. The average molecular weight is 222 g/mol. The molecule has 0 aliphatic heterocycles. The van der Waals surface area contributed by atoms with E-state index >= 15 is 0 Å². The summed E-state index contributed by atoms with van der Waals surface area (Å²) in [6.45, 7) is 11.2. The molecule has 3 fully saturated rings. The van der Waals surface area contributed by atoms with Gasteiger partial charge in [-0.3, -0.25) is 0 Å². The monoisotopic (exact) mass is 222 g/mol. The summed E-state index contributed by atoms with van der Waals surface area (Å²) in [5.41, 5.74) is 0.579. The van der Waals surface area contributed by atoms with E-state index in [0.29, 0.717) is 17.9 Å². The van der Waals surface area contributed by atoms with Crippen LogP contribution < -0.4 is 0 Å². The normalized spacial score (nSPS) is 39.6. The molecule has 1 nitrogen and oxygen atoms in total. The summed E-state index contributed by atoms with van der Waals surface area (Å²) < 4.78 is 0. The fraction of sp³-hybridized carbons (Fsp3) is 0.867. The quantitative estimate of drug-likeness (QED) is 0.720. The van der Waals surface area contributed by atoms with Gasteiger partial charge in [-0.1, -0.05) is 26.8 Å². The van der Waals surface area contributed by atoms with E-state index in [-0.39, 0.29) is 5.41 Å². The van der Waals surface area contributed by atoms with Crippen LogP contribution in [0.25, 0.3) is 0 Å². The molecule has 1 N–H and O–H groups in total. The summed E-state index contributed by atoms with van der Waals surface area (Å²) >= 11 is 0. The second-order valence-electron chi connectivity index (χ2n) is 6.85. The van der Waals surface area contributed by atoms with E-state index in [2.05, 4.69) is 27.4 Å². The number of aliphatic hydroxyl groups is 1. The number of hydrogen-bond acceptors (Lipinski definition) is 1. The number of hydrogen-bond donors (Lipinski definition) is 1. The van der Waals surface area contributed by atoms with Gasteiger partial charge in [-0.15, -0.1) is 6.58 Å². The summed E-state index contributed by atoms with van der Waals surface area (Å²) in [7, 11) is 0. The van der Waals surface area contributed by atoms with Crippen LogP contribution >= 0.6 is 0 Å².